The van der Waals surface area contributed by atoms with E-state index in [2.05, 4.69) is 20.3 Å². The second-order valence-corrected chi connectivity index (χ2v) is 4.66. The second kappa shape index (κ2) is 7.41. The normalized spacial score (nSPS) is 11.8. The number of amides is 1. The third-order valence-electron chi connectivity index (χ3n) is 3.12. The summed E-state index contributed by atoms with van der Waals surface area (Å²) in [7, 11) is 1.22. The molecule has 0 fully saturated rings. The quantitative estimate of drug-likeness (QED) is 0.613. The second-order valence-electron chi connectivity index (χ2n) is 4.66. The van der Waals surface area contributed by atoms with Crippen LogP contribution in [-0.2, 0) is 25.5 Å². The van der Waals surface area contributed by atoms with E-state index in [1.165, 1.54) is 7.11 Å². The Morgan fingerprint density at radius 3 is 2.52 bits per heavy atom. The number of aryl methyl sites for hydroxylation is 2. The van der Waals surface area contributed by atoms with Gasteiger partial charge >= 0.3 is 11.9 Å². The summed E-state index contributed by atoms with van der Waals surface area (Å²) in [5.41, 5.74) is 2.21. The summed E-state index contributed by atoms with van der Waals surface area (Å²) in [5, 5.41) is 18.2. The van der Waals surface area contributed by atoms with Gasteiger partial charge in [0, 0.05) is 17.7 Å². The molecule has 116 valence electrons. The number of hydrogen-bond donors (Lipinski definition) is 3. The van der Waals surface area contributed by atoms with Crippen molar-refractivity contribution in [3.63, 3.8) is 0 Å². The molecule has 0 spiro atoms. The number of carbonyl (C=O) groups excluding carboxylic acids is 2. The Morgan fingerprint density at radius 1 is 1.38 bits per heavy atom. The van der Waals surface area contributed by atoms with Crippen LogP contribution in [0.25, 0.3) is 0 Å². The Bertz CT molecular complexity index is 518. The number of rotatable bonds is 7. The summed E-state index contributed by atoms with van der Waals surface area (Å²) in [6.07, 6.45) is -0.0508. The van der Waals surface area contributed by atoms with Crippen LogP contribution in [0, 0.1) is 13.8 Å². The molecule has 21 heavy (non-hydrogen) atoms. The van der Waals surface area contributed by atoms with Crippen LogP contribution in [0.1, 0.15) is 29.8 Å². The standard InChI is InChI=1S/C13H19N3O5/c1-7-9(8(2)16-15-7)6-11(17)14-10(13(19)20)4-5-12(18)21-3/h10H,4-6H2,1-3H3,(H,14,17)(H,15,16)(H,19,20)/t10-/m0/s1. The third kappa shape index (κ3) is 4.90. The van der Waals surface area contributed by atoms with Crippen LogP contribution < -0.4 is 5.32 Å². The number of nitrogens with one attached hydrogen (secondary N) is 2. The number of carboxylic acid groups (broad SMARTS) is 1. The lowest BCUT2D eigenvalue weighted by Gasteiger charge is -2.14. The highest BCUT2D eigenvalue weighted by atomic mass is 16.5. The van der Waals surface area contributed by atoms with E-state index in [-0.39, 0.29) is 19.3 Å². The van der Waals surface area contributed by atoms with E-state index in [9.17, 15) is 14.4 Å². The molecule has 1 aromatic heterocycles. The molecular weight excluding hydrogens is 278 g/mol. The molecule has 0 saturated heterocycles. The summed E-state index contributed by atoms with van der Waals surface area (Å²) >= 11 is 0. The highest BCUT2D eigenvalue weighted by Crippen LogP contribution is 2.10. The van der Waals surface area contributed by atoms with Crippen molar-refractivity contribution in [3.05, 3.63) is 17.0 Å². The first kappa shape index (κ1) is 16.7. The number of aromatic amines is 1. The molecule has 1 atom stereocenters. The molecule has 0 unspecified atom stereocenters. The monoisotopic (exact) mass is 297 g/mol. The van der Waals surface area contributed by atoms with Crippen LogP contribution >= 0.6 is 0 Å². The van der Waals surface area contributed by atoms with Crippen LogP contribution in [-0.4, -0.2) is 46.3 Å². The van der Waals surface area contributed by atoms with E-state index in [1.54, 1.807) is 13.8 Å². The van der Waals surface area contributed by atoms with Crippen molar-refractivity contribution in [2.75, 3.05) is 7.11 Å². The van der Waals surface area contributed by atoms with Gasteiger partial charge in [0.1, 0.15) is 6.04 Å². The van der Waals surface area contributed by atoms with Gasteiger partial charge in [0.2, 0.25) is 5.91 Å². The Hall–Kier alpha value is -2.38. The predicted molar refractivity (Wildman–Crippen MR) is 72.6 cm³/mol. The molecule has 0 aliphatic heterocycles. The third-order valence-corrected chi connectivity index (χ3v) is 3.12. The fourth-order valence-corrected chi connectivity index (χ4v) is 1.86. The Balaban J connectivity index is 2.61. The molecule has 8 nitrogen and oxygen atoms in total. The Morgan fingerprint density at radius 2 is 2.05 bits per heavy atom. The topological polar surface area (TPSA) is 121 Å². The van der Waals surface area contributed by atoms with Gasteiger partial charge in [-0.25, -0.2) is 4.79 Å². The number of carbonyl (C=O) groups is 3. The van der Waals surface area contributed by atoms with Gasteiger partial charge in [-0.2, -0.15) is 5.10 Å². The van der Waals surface area contributed by atoms with E-state index in [4.69, 9.17) is 5.11 Å². The number of methoxy groups -OCH3 is 1. The largest absolute Gasteiger partial charge is 0.480 e. The fraction of sp³-hybridized carbons (Fsp3) is 0.538. The maximum atomic E-state index is 11.9. The number of hydrogen-bond acceptors (Lipinski definition) is 5. The number of ether oxygens (including phenoxy) is 1. The van der Waals surface area contributed by atoms with Gasteiger partial charge in [0.25, 0.3) is 0 Å². The van der Waals surface area contributed by atoms with Crippen molar-refractivity contribution < 1.29 is 24.2 Å². The zero-order valence-corrected chi connectivity index (χ0v) is 12.2. The molecule has 0 saturated carbocycles. The van der Waals surface area contributed by atoms with E-state index in [1.807, 2.05) is 0 Å². The summed E-state index contributed by atoms with van der Waals surface area (Å²) in [6, 6.07) is -1.12. The van der Waals surface area contributed by atoms with E-state index in [0.29, 0.717) is 5.69 Å². The van der Waals surface area contributed by atoms with Crippen molar-refractivity contribution >= 4 is 17.8 Å². The molecule has 3 N–H and O–H groups in total. The van der Waals surface area contributed by atoms with Crippen molar-refractivity contribution in [2.45, 2.75) is 39.2 Å². The number of nitrogens with zero attached hydrogens (tertiary/aromatic N) is 1. The van der Waals surface area contributed by atoms with E-state index >= 15 is 0 Å². The highest BCUT2D eigenvalue weighted by molar-refractivity contribution is 5.85. The van der Waals surface area contributed by atoms with Gasteiger partial charge in [-0.1, -0.05) is 0 Å². The number of aliphatic carboxylic acids is 1. The van der Waals surface area contributed by atoms with Gasteiger partial charge in [-0.3, -0.25) is 14.7 Å². The molecule has 0 aliphatic carbocycles. The summed E-state index contributed by atoms with van der Waals surface area (Å²) in [5.74, 6) is -2.13. The summed E-state index contributed by atoms with van der Waals surface area (Å²) in [4.78, 5) is 34.0. The maximum Gasteiger partial charge on any atom is 0.326 e. The number of H-pyrrole nitrogens is 1. The molecule has 0 radical (unpaired) electrons. The molecule has 0 aliphatic rings. The number of carboxylic acids is 1. The first-order valence-electron chi connectivity index (χ1n) is 6.44. The Kier molecular flexibility index (Phi) is 5.89. The molecular formula is C13H19N3O5. The minimum Gasteiger partial charge on any atom is -0.480 e. The fourth-order valence-electron chi connectivity index (χ4n) is 1.86. The molecule has 1 rings (SSSR count). The van der Waals surface area contributed by atoms with Crippen LogP contribution in [0.15, 0.2) is 0 Å². The molecule has 8 heteroatoms. The molecule has 1 heterocycles. The van der Waals surface area contributed by atoms with Gasteiger partial charge in [-0.15, -0.1) is 0 Å². The van der Waals surface area contributed by atoms with E-state index in [0.717, 1.165) is 11.3 Å². The predicted octanol–water partition coefficient (Wildman–Crippen LogP) is 0.0916. The first-order chi connectivity index (χ1) is 9.85. The van der Waals surface area contributed by atoms with Crippen molar-refractivity contribution in [2.24, 2.45) is 0 Å². The number of aromatic nitrogens is 2. The average Bonchev–Trinajstić information content (AvgIpc) is 2.74. The minimum absolute atomic E-state index is 0.0168. The van der Waals surface area contributed by atoms with Crippen molar-refractivity contribution in [3.8, 4) is 0 Å². The maximum absolute atomic E-state index is 11.9. The van der Waals surface area contributed by atoms with Crippen LogP contribution in [0.3, 0.4) is 0 Å². The lowest BCUT2D eigenvalue weighted by molar-refractivity contribution is -0.144. The smallest absolute Gasteiger partial charge is 0.326 e. The Labute approximate surface area is 121 Å². The van der Waals surface area contributed by atoms with Crippen LogP contribution in [0.2, 0.25) is 0 Å². The van der Waals surface area contributed by atoms with Crippen LogP contribution in [0.5, 0.6) is 0 Å². The molecule has 0 aromatic carbocycles. The van der Waals surface area contributed by atoms with Gasteiger partial charge in [0.05, 0.1) is 19.2 Å². The van der Waals surface area contributed by atoms with E-state index < -0.39 is 23.9 Å². The van der Waals surface area contributed by atoms with Crippen molar-refractivity contribution in [1.29, 1.82) is 0 Å². The minimum atomic E-state index is -1.19. The highest BCUT2D eigenvalue weighted by Gasteiger charge is 2.22. The van der Waals surface area contributed by atoms with Crippen LogP contribution in [0.4, 0.5) is 0 Å². The van der Waals surface area contributed by atoms with Crippen molar-refractivity contribution in [1.82, 2.24) is 15.5 Å². The van der Waals surface area contributed by atoms with Gasteiger partial charge in [0.15, 0.2) is 0 Å². The SMILES string of the molecule is COC(=O)CC[C@H](NC(=O)Cc1c(C)n[nH]c1C)C(=O)O. The lowest BCUT2D eigenvalue weighted by atomic mass is 10.1. The molecule has 1 amide bonds. The summed E-state index contributed by atoms with van der Waals surface area (Å²) in [6.45, 7) is 3.55. The molecule has 1 aromatic rings. The zero-order chi connectivity index (χ0) is 16.0. The average molecular weight is 297 g/mol. The lowest BCUT2D eigenvalue weighted by Crippen LogP contribution is -2.42. The van der Waals surface area contributed by atoms with Gasteiger partial charge < -0.3 is 15.2 Å². The van der Waals surface area contributed by atoms with Gasteiger partial charge in [-0.05, 0) is 20.3 Å². The zero-order valence-electron chi connectivity index (χ0n) is 12.2. The summed E-state index contributed by atoms with van der Waals surface area (Å²) < 4.78 is 4.45. The number of esters is 1. The molecule has 0 bridgehead atoms. The first-order valence-corrected chi connectivity index (χ1v) is 6.44.